The van der Waals surface area contributed by atoms with E-state index < -0.39 is 0 Å². The number of aryl methyl sites for hydroxylation is 1. The Balaban J connectivity index is 2.42. The zero-order valence-corrected chi connectivity index (χ0v) is 11.7. The minimum absolute atomic E-state index is 0.0461. The average Bonchev–Trinajstić information content (AvgIpc) is 2.71. The van der Waals surface area contributed by atoms with Crippen molar-refractivity contribution in [3.63, 3.8) is 0 Å². The van der Waals surface area contributed by atoms with Gasteiger partial charge in [-0.3, -0.25) is 0 Å². The molecule has 0 amide bonds. The van der Waals surface area contributed by atoms with Crippen molar-refractivity contribution in [2.75, 3.05) is 7.05 Å². The predicted molar refractivity (Wildman–Crippen MR) is 72.0 cm³/mol. The molecule has 90 valence electrons. The molecule has 0 saturated carbocycles. The summed E-state index contributed by atoms with van der Waals surface area (Å²) in [6, 6.07) is 5.66. The second kappa shape index (κ2) is 5.31. The van der Waals surface area contributed by atoms with Gasteiger partial charge in [0, 0.05) is 0 Å². The van der Waals surface area contributed by atoms with E-state index in [1.807, 2.05) is 26.1 Å². The molecule has 17 heavy (non-hydrogen) atoms. The fourth-order valence-corrected chi connectivity index (χ4v) is 2.73. The first-order valence-corrected chi connectivity index (χ1v) is 6.57. The molecule has 0 radical (unpaired) electrons. The van der Waals surface area contributed by atoms with E-state index in [0.29, 0.717) is 10.0 Å². The Morgan fingerprint density at radius 3 is 2.59 bits per heavy atom. The van der Waals surface area contributed by atoms with Crippen molar-refractivity contribution >= 4 is 34.7 Å². The molecule has 1 unspecified atom stereocenters. The third-order valence-corrected chi connectivity index (χ3v) is 4.14. The third-order valence-electron chi connectivity index (χ3n) is 2.51. The predicted octanol–water partition coefficient (Wildman–Crippen LogP) is 3.46. The number of nitrogens with zero attached hydrogens (tertiary/aromatic N) is 2. The third kappa shape index (κ3) is 2.60. The van der Waals surface area contributed by atoms with E-state index in [-0.39, 0.29) is 6.04 Å². The van der Waals surface area contributed by atoms with Crippen LogP contribution in [0.2, 0.25) is 10.0 Å². The van der Waals surface area contributed by atoms with Gasteiger partial charge in [-0.1, -0.05) is 33.8 Å². The lowest BCUT2D eigenvalue weighted by Gasteiger charge is -2.15. The number of halogens is 2. The second-order valence-electron chi connectivity index (χ2n) is 3.62. The number of hydrogen-bond donors (Lipinski definition) is 1. The molecule has 0 saturated heterocycles. The summed E-state index contributed by atoms with van der Waals surface area (Å²) in [6.07, 6.45) is 0. The van der Waals surface area contributed by atoms with Gasteiger partial charge in [0.2, 0.25) is 0 Å². The molecule has 3 nitrogen and oxygen atoms in total. The molecule has 2 rings (SSSR count). The highest BCUT2D eigenvalue weighted by molar-refractivity contribution is 7.05. The summed E-state index contributed by atoms with van der Waals surface area (Å²) in [4.78, 5) is 1.09. The van der Waals surface area contributed by atoms with E-state index in [1.165, 1.54) is 11.5 Å². The van der Waals surface area contributed by atoms with Crippen LogP contribution in [0.25, 0.3) is 0 Å². The number of benzene rings is 1. The van der Waals surface area contributed by atoms with Crippen molar-refractivity contribution in [2.24, 2.45) is 0 Å². The number of rotatable bonds is 3. The van der Waals surface area contributed by atoms with Gasteiger partial charge >= 0.3 is 0 Å². The van der Waals surface area contributed by atoms with Crippen LogP contribution >= 0.6 is 34.7 Å². The van der Waals surface area contributed by atoms with Crippen LogP contribution < -0.4 is 5.32 Å². The first-order chi connectivity index (χ1) is 8.13. The number of nitrogens with one attached hydrogen (secondary N) is 1. The maximum absolute atomic E-state index is 6.03. The van der Waals surface area contributed by atoms with Gasteiger partial charge in [0.1, 0.15) is 0 Å². The molecule has 1 aromatic carbocycles. The monoisotopic (exact) mass is 287 g/mol. The van der Waals surface area contributed by atoms with E-state index in [0.717, 1.165) is 16.1 Å². The molecular weight excluding hydrogens is 277 g/mol. The standard InChI is InChI=1S/C11H11Cl2N3S/c1-6-11(17-16-15-6)10(14-2)7-3-4-8(12)9(13)5-7/h3-5,10,14H,1-2H3. The van der Waals surface area contributed by atoms with E-state index in [9.17, 15) is 0 Å². The number of aromatic nitrogens is 2. The zero-order valence-electron chi connectivity index (χ0n) is 9.37. The summed E-state index contributed by atoms with van der Waals surface area (Å²) in [6.45, 7) is 1.95. The molecule has 0 aliphatic rings. The Kier molecular flexibility index (Phi) is 3.99. The highest BCUT2D eigenvalue weighted by Crippen LogP contribution is 2.30. The SMILES string of the molecule is CNC(c1ccc(Cl)c(Cl)c1)c1snnc1C. The molecular formula is C11H11Cl2N3S. The maximum atomic E-state index is 6.03. The highest BCUT2D eigenvalue weighted by Gasteiger charge is 2.18. The molecule has 0 fully saturated rings. The number of hydrogen-bond acceptors (Lipinski definition) is 4. The molecule has 1 aromatic heterocycles. The average molecular weight is 288 g/mol. The van der Waals surface area contributed by atoms with Gasteiger partial charge in [0.15, 0.2) is 0 Å². The van der Waals surface area contributed by atoms with Crippen molar-refractivity contribution in [1.82, 2.24) is 14.9 Å². The van der Waals surface area contributed by atoms with Crippen LogP contribution in [0.3, 0.4) is 0 Å². The Morgan fingerprint density at radius 1 is 1.29 bits per heavy atom. The topological polar surface area (TPSA) is 37.8 Å². The summed E-state index contributed by atoms with van der Waals surface area (Å²) in [5.41, 5.74) is 1.98. The van der Waals surface area contributed by atoms with Crippen LogP contribution in [0, 0.1) is 6.92 Å². The molecule has 1 atom stereocenters. The highest BCUT2D eigenvalue weighted by atomic mass is 35.5. The normalized spacial score (nSPS) is 12.7. The first kappa shape index (κ1) is 12.8. The van der Waals surface area contributed by atoms with Crippen molar-refractivity contribution < 1.29 is 0 Å². The fourth-order valence-electron chi connectivity index (χ4n) is 1.64. The van der Waals surface area contributed by atoms with E-state index in [4.69, 9.17) is 23.2 Å². The van der Waals surface area contributed by atoms with Gasteiger partial charge in [-0.05, 0) is 43.2 Å². The molecule has 0 aliphatic heterocycles. The van der Waals surface area contributed by atoms with Gasteiger partial charge in [-0.15, -0.1) is 5.10 Å². The Bertz CT molecular complexity index is 527. The summed E-state index contributed by atoms with van der Waals surface area (Å²) in [5, 5.41) is 8.37. The van der Waals surface area contributed by atoms with Crippen molar-refractivity contribution in [1.29, 1.82) is 0 Å². The van der Waals surface area contributed by atoms with E-state index in [1.54, 1.807) is 6.07 Å². The van der Waals surface area contributed by atoms with Crippen molar-refractivity contribution in [3.05, 3.63) is 44.4 Å². The largest absolute Gasteiger partial charge is 0.309 e. The van der Waals surface area contributed by atoms with Gasteiger partial charge in [0.05, 0.1) is 26.7 Å². The van der Waals surface area contributed by atoms with Crippen LogP contribution in [0.15, 0.2) is 18.2 Å². The minimum atomic E-state index is 0.0461. The Labute approximate surface area is 114 Å². The van der Waals surface area contributed by atoms with Crippen LogP contribution in [-0.4, -0.2) is 16.6 Å². The van der Waals surface area contributed by atoms with Crippen LogP contribution in [0.1, 0.15) is 22.2 Å². The molecule has 6 heteroatoms. The maximum Gasteiger partial charge on any atom is 0.0776 e. The second-order valence-corrected chi connectivity index (χ2v) is 5.22. The first-order valence-electron chi connectivity index (χ1n) is 5.04. The minimum Gasteiger partial charge on any atom is -0.309 e. The summed E-state index contributed by atoms with van der Waals surface area (Å²) in [5.74, 6) is 0. The molecule has 2 aromatic rings. The van der Waals surface area contributed by atoms with E-state index in [2.05, 4.69) is 14.9 Å². The molecule has 0 aliphatic carbocycles. The Morgan fingerprint density at radius 2 is 2.06 bits per heavy atom. The lowest BCUT2D eigenvalue weighted by molar-refractivity contribution is 0.697. The Hall–Kier alpha value is -0.680. The molecule has 1 N–H and O–H groups in total. The van der Waals surface area contributed by atoms with Gasteiger partial charge in [-0.25, -0.2) is 0 Å². The smallest absolute Gasteiger partial charge is 0.0776 e. The van der Waals surface area contributed by atoms with Gasteiger partial charge < -0.3 is 5.32 Å². The summed E-state index contributed by atoms with van der Waals surface area (Å²) in [7, 11) is 1.90. The zero-order chi connectivity index (χ0) is 12.4. The summed E-state index contributed by atoms with van der Waals surface area (Å²) < 4.78 is 3.95. The molecule has 0 spiro atoms. The fraction of sp³-hybridized carbons (Fsp3) is 0.273. The van der Waals surface area contributed by atoms with Gasteiger partial charge in [0.25, 0.3) is 0 Å². The van der Waals surface area contributed by atoms with Crippen LogP contribution in [0.5, 0.6) is 0 Å². The van der Waals surface area contributed by atoms with Crippen molar-refractivity contribution in [2.45, 2.75) is 13.0 Å². The van der Waals surface area contributed by atoms with Crippen molar-refractivity contribution in [3.8, 4) is 0 Å². The quantitative estimate of drug-likeness (QED) is 0.939. The van der Waals surface area contributed by atoms with Crippen LogP contribution in [0.4, 0.5) is 0 Å². The molecule has 1 heterocycles. The van der Waals surface area contributed by atoms with E-state index >= 15 is 0 Å². The lowest BCUT2D eigenvalue weighted by atomic mass is 10.0. The van der Waals surface area contributed by atoms with Gasteiger partial charge in [-0.2, -0.15) is 0 Å². The van der Waals surface area contributed by atoms with Crippen LogP contribution in [-0.2, 0) is 0 Å². The molecule has 0 bridgehead atoms. The lowest BCUT2D eigenvalue weighted by Crippen LogP contribution is -2.17. The summed E-state index contributed by atoms with van der Waals surface area (Å²) >= 11 is 13.3.